The van der Waals surface area contributed by atoms with Crippen LogP contribution in [0.4, 0.5) is 0 Å². The van der Waals surface area contributed by atoms with Crippen LogP contribution in [0.2, 0.25) is 0 Å². The Hall–Kier alpha value is -0.570. The lowest BCUT2D eigenvalue weighted by molar-refractivity contribution is -0.161. The van der Waals surface area contributed by atoms with E-state index in [1.165, 1.54) is 12.8 Å². The van der Waals surface area contributed by atoms with Crippen molar-refractivity contribution in [3.05, 3.63) is 0 Å². The first-order valence-electron chi connectivity index (χ1n) is 6.42. The first-order valence-corrected chi connectivity index (χ1v) is 6.42. The molecule has 1 saturated heterocycles. The van der Waals surface area contributed by atoms with Crippen molar-refractivity contribution in [1.82, 2.24) is 5.32 Å². The summed E-state index contributed by atoms with van der Waals surface area (Å²) in [7, 11) is 0. The molecule has 2 rings (SSSR count). The van der Waals surface area contributed by atoms with Crippen molar-refractivity contribution >= 4 is 5.97 Å². The molecule has 0 aromatic carbocycles. The molecule has 0 aromatic heterocycles. The molecule has 3 nitrogen and oxygen atoms in total. The van der Waals surface area contributed by atoms with Crippen LogP contribution in [-0.4, -0.2) is 24.2 Å². The predicted molar refractivity (Wildman–Crippen MR) is 63.1 cm³/mol. The van der Waals surface area contributed by atoms with E-state index in [9.17, 15) is 4.79 Å². The fourth-order valence-electron chi connectivity index (χ4n) is 2.41. The molecular formula is C13H23NO2. The van der Waals surface area contributed by atoms with Crippen LogP contribution in [-0.2, 0) is 9.53 Å². The minimum Gasteiger partial charge on any atom is -0.460 e. The molecule has 2 fully saturated rings. The highest BCUT2D eigenvalue weighted by molar-refractivity contribution is 5.73. The van der Waals surface area contributed by atoms with Crippen LogP contribution < -0.4 is 5.32 Å². The van der Waals surface area contributed by atoms with Gasteiger partial charge in [0, 0.05) is 6.04 Å². The summed E-state index contributed by atoms with van der Waals surface area (Å²) in [6, 6.07) is 0.561. The van der Waals surface area contributed by atoms with Crippen molar-refractivity contribution in [2.24, 2.45) is 11.8 Å². The lowest BCUT2D eigenvalue weighted by Gasteiger charge is -2.31. The largest absolute Gasteiger partial charge is 0.460 e. The van der Waals surface area contributed by atoms with Gasteiger partial charge >= 0.3 is 5.97 Å². The molecule has 0 aromatic rings. The predicted octanol–water partition coefficient (Wildman–Crippen LogP) is 2.11. The molecule has 0 radical (unpaired) electrons. The number of hydrogen-bond acceptors (Lipinski definition) is 3. The van der Waals surface area contributed by atoms with E-state index in [4.69, 9.17) is 4.74 Å². The van der Waals surface area contributed by atoms with Crippen LogP contribution in [0.1, 0.15) is 46.5 Å². The van der Waals surface area contributed by atoms with Crippen molar-refractivity contribution in [3.8, 4) is 0 Å². The first kappa shape index (κ1) is 11.9. The van der Waals surface area contributed by atoms with Gasteiger partial charge < -0.3 is 10.1 Å². The number of ether oxygens (including phenoxy) is 1. The van der Waals surface area contributed by atoms with Crippen LogP contribution >= 0.6 is 0 Å². The van der Waals surface area contributed by atoms with E-state index in [-0.39, 0.29) is 17.5 Å². The maximum Gasteiger partial charge on any atom is 0.309 e. The molecule has 16 heavy (non-hydrogen) atoms. The molecule has 3 heteroatoms. The summed E-state index contributed by atoms with van der Waals surface area (Å²) < 4.78 is 5.46. The summed E-state index contributed by atoms with van der Waals surface area (Å²) in [6.07, 6.45) is 4.56. The van der Waals surface area contributed by atoms with E-state index >= 15 is 0 Å². The Morgan fingerprint density at radius 1 is 1.25 bits per heavy atom. The quantitative estimate of drug-likeness (QED) is 0.731. The van der Waals surface area contributed by atoms with Gasteiger partial charge in [-0.25, -0.2) is 0 Å². The lowest BCUT2D eigenvalue weighted by atomic mass is 9.90. The Bertz CT molecular complexity index is 266. The van der Waals surface area contributed by atoms with E-state index < -0.39 is 0 Å². The molecule has 0 spiro atoms. The zero-order chi connectivity index (χ0) is 11.8. The zero-order valence-electron chi connectivity index (χ0n) is 10.6. The van der Waals surface area contributed by atoms with Gasteiger partial charge in [-0.3, -0.25) is 4.79 Å². The summed E-state index contributed by atoms with van der Waals surface area (Å²) >= 11 is 0. The maximum atomic E-state index is 12.0. The molecule has 0 bridgehead atoms. The van der Waals surface area contributed by atoms with Crippen molar-refractivity contribution in [1.29, 1.82) is 0 Å². The molecule has 92 valence electrons. The van der Waals surface area contributed by atoms with Crippen LogP contribution in [0.5, 0.6) is 0 Å². The van der Waals surface area contributed by atoms with E-state index in [2.05, 4.69) is 5.32 Å². The van der Waals surface area contributed by atoms with E-state index in [1.54, 1.807) is 0 Å². The Morgan fingerprint density at radius 2 is 1.94 bits per heavy atom. The zero-order valence-corrected chi connectivity index (χ0v) is 10.6. The molecule has 1 aliphatic carbocycles. The van der Waals surface area contributed by atoms with E-state index in [0.717, 1.165) is 25.3 Å². The van der Waals surface area contributed by atoms with Gasteiger partial charge in [-0.15, -0.1) is 0 Å². The average molecular weight is 225 g/mol. The molecular weight excluding hydrogens is 202 g/mol. The van der Waals surface area contributed by atoms with Gasteiger partial charge in [0.15, 0.2) is 0 Å². The minimum absolute atomic E-state index is 0.000324. The minimum atomic E-state index is -0.350. The van der Waals surface area contributed by atoms with E-state index in [1.807, 2.05) is 20.8 Å². The summed E-state index contributed by atoms with van der Waals surface area (Å²) in [5.41, 5.74) is -0.350. The second-order valence-corrected chi connectivity index (χ2v) is 6.15. The molecule has 1 N–H and O–H groups in total. The average Bonchev–Trinajstić information content (AvgIpc) is 2.98. The highest BCUT2D eigenvalue weighted by atomic mass is 16.6. The van der Waals surface area contributed by atoms with Gasteiger partial charge in [-0.2, -0.15) is 0 Å². The number of nitrogens with one attached hydrogen (secondary N) is 1. The highest BCUT2D eigenvalue weighted by Crippen LogP contribution is 2.37. The third kappa shape index (κ3) is 3.21. The topological polar surface area (TPSA) is 38.3 Å². The standard InChI is InChI=1S/C13H23NO2/c1-13(2,3)16-12(15)10-6-7-14-11(8-10)9-4-5-9/h9-11,14H,4-8H2,1-3H3/t10-,11-/m1/s1. The third-order valence-electron chi connectivity index (χ3n) is 3.37. The van der Waals surface area contributed by atoms with Gasteiger partial charge in [0.25, 0.3) is 0 Å². The summed E-state index contributed by atoms with van der Waals surface area (Å²) in [5.74, 6) is 0.941. The molecule has 2 atom stereocenters. The second kappa shape index (κ2) is 4.36. The van der Waals surface area contributed by atoms with Gasteiger partial charge in [0.05, 0.1) is 5.92 Å². The molecule has 1 aliphatic heterocycles. The number of esters is 1. The fourth-order valence-corrected chi connectivity index (χ4v) is 2.41. The number of piperidine rings is 1. The van der Waals surface area contributed by atoms with E-state index in [0.29, 0.717) is 6.04 Å². The number of rotatable bonds is 2. The van der Waals surface area contributed by atoms with Crippen LogP contribution in [0, 0.1) is 11.8 Å². The molecule has 1 heterocycles. The maximum absolute atomic E-state index is 12.0. The fraction of sp³-hybridized carbons (Fsp3) is 0.923. The Balaban J connectivity index is 1.86. The smallest absolute Gasteiger partial charge is 0.309 e. The SMILES string of the molecule is CC(C)(C)OC(=O)[C@@H]1CCN[C@@H](C2CC2)C1. The monoisotopic (exact) mass is 225 g/mol. The lowest BCUT2D eigenvalue weighted by Crippen LogP contribution is -2.43. The molecule has 0 unspecified atom stereocenters. The van der Waals surface area contributed by atoms with Gasteiger partial charge in [0.2, 0.25) is 0 Å². The second-order valence-electron chi connectivity index (χ2n) is 6.15. The van der Waals surface area contributed by atoms with Crippen molar-refractivity contribution in [2.75, 3.05) is 6.54 Å². The van der Waals surface area contributed by atoms with Crippen LogP contribution in [0.15, 0.2) is 0 Å². The van der Waals surface area contributed by atoms with Gasteiger partial charge in [0.1, 0.15) is 5.60 Å². The molecule has 0 amide bonds. The summed E-state index contributed by atoms with van der Waals surface area (Å²) in [5, 5.41) is 3.52. The molecule has 1 saturated carbocycles. The van der Waals surface area contributed by atoms with Crippen molar-refractivity contribution in [3.63, 3.8) is 0 Å². The number of hydrogen-bond donors (Lipinski definition) is 1. The van der Waals surface area contributed by atoms with Gasteiger partial charge in [-0.1, -0.05) is 0 Å². The first-order chi connectivity index (χ1) is 7.46. The number of carbonyl (C=O) groups is 1. The normalized spacial score (nSPS) is 31.2. The van der Waals surface area contributed by atoms with Crippen LogP contribution in [0.25, 0.3) is 0 Å². The molecule has 2 aliphatic rings. The third-order valence-corrected chi connectivity index (χ3v) is 3.37. The Morgan fingerprint density at radius 3 is 2.50 bits per heavy atom. The van der Waals surface area contributed by atoms with Crippen molar-refractivity contribution < 1.29 is 9.53 Å². The van der Waals surface area contributed by atoms with Crippen LogP contribution in [0.3, 0.4) is 0 Å². The summed E-state index contributed by atoms with van der Waals surface area (Å²) in [4.78, 5) is 12.0. The van der Waals surface area contributed by atoms with Gasteiger partial charge in [-0.05, 0) is 58.9 Å². The number of carbonyl (C=O) groups excluding carboxylic acids is 1. The Labute approximate surface area is 97.9 Å². The Kier molecular flexibility index (Phi) is 3.24. The highest BCUT2D eigenvalue weighted by Gasteiger charge is 2.37. The summed E-state index contributed by atoms with van der Waals surface area (Å²) in [6.45, 7) is 6.77. The van der Waals surface area contributed by atoms with Crippen molar-refractivity contribution in [2.45, 2.75) is 58.1 Å².